The van der Waals surface area contributed by atoms with Crippen LogP contribution in [0.3, 0.4) is 0 Å². The average Bonchev–Trinajstić information content (AvgIpc) is 2.81. The van der Waals surface area contributed by atoms with Gasteiger partial charge in [-0.3, -0.25) is 4.68 Å². The molecule has 3 N–H and O–H groups in total. The second-order valence-corrected chi connectivity index (χ2v) is 4.65. The van der Waals surface area contributed by atoms with Gasteiger partial charge in [-0.1, -0.05) is 12.2 Å². The highest BCUT2D eigenvalue weighted by Crippen LogP contribution is 2.21. The van der Waals surface area contributed by atoms with Crippen molar-refractivity contribution in [1.82, 2.24) is 20.0 Å². The van der Waals surface area contributed by atoms with Crippen molar-refractivity contribution in [2.24, 2.45) is 5.73 Å². The topological polar surface area (TPSA) is 81.7 Å². The maximum absolute atomic E-state index is 5.77. The Balaban J connectivity index is 2.39. The maximum atomic E-state index is 5.77. The molecule has 0 saturated heterocycles. The molecule has 0 aliphatic heterocycles. The average molecular weight is 276 g/mol. The van der Waals surface area contributed by atoms with Gasteiger partial charge in [0.05, 0.1) is 23.1 Å². The Kier molecular flexibility index (Phi) is 3.75. The zero-order chi connectivity index (χ0) is 14.0. The van der Waals surface area contributed by atoms with Crippen molar-refractivity contribution >= 4 is 28.7 Å². The van der Waals surface area contributed by atoms with Crippen LogP contribution in [0, 0.1) is 13.8 Å². The van der Waals surface area contributed by atoms with Gasteiger partial charge in [-0.05, 0) is 26.3 Å². The summed E-state index contributed by atoms with van der Waals surface area (Å²) >= 11 is 5.09. The van der Waals surface area contributed by atoms with Crippen molar-refractivity contribution in [3.63, 3.8) is 0 Å². The summed E-state index contributed by atoms with van der Waals surface area (Å²) in [4.78, 5) is 0.306. The summed E-state index contributed by atoms with van der Waals surface area (Å²) in [6, 6.07) is 0. The lowest BCUT2D eigenvalue weighted by Gasteiger charge is -2.11. The molecule has 0 aromatic carbocycles. The minimum atomic E-state index is 0.306. The van der Waals surface area contributed by atoms with E-state index in [2.05, 4.69) is 20.6 Å². The Bertz CT molecular complexity index is 619. The van der Waals surface area contributed by atoms with Crippen LogP contribution in [0.4, 0.5) is 11.5 Å². The van der Waals surface area contributed by atoms with E-state index >= 15 is 0 Å². The van der Waals surface area contributed by atoms with Crippen LogP contribution in [-0.2, 0) is 6.54 Å². The summed E-state index contributed by atoms with van der Waals surface area (Å²) in [6.45, 7) is 6.64. The lowest BCUT2D eigenvalue weighted by molar-refractivity contribution is 0.660. The molecule has 19 heavy (non-hydrogen) atoms. The Morgan fingerprint density at radius 2 is 2.16 bits per heavy atom. The third kappa shape index (κ3) is 2.70. The van der Waals surface area contributed by atoms with E-state index in [-0.39, 0.29) is 0 Å². The third-order valence-corrected chi connectivity index (χ3v) is 3.13. The van der Waals surface area contributed by atoms with Gasteiger partial charge >= 0.3 is 0 Å². The van der Waals surface area contributed by atoms with Crippen LogP contribution in [0.25, 0.3) is 0 Å². The molecular weight excluding hydrogens is 260 g/mol. The number of aromatic nitrogens is 4. The van der Waals surface area contributed by atoms with Gasteiger partial charge in [0.2, 0.25) is 0 Å². The molecular formula is C12H16N6S. The summed E-state index contributed by atoms with van der Waals surface area (Å²) in [7, 11) is 0. The number of nitrogens with zero attached hydrogens (tertiary/aromatic N) is 4. The fourth-order valence-electron chi connectivity index (χ4n) is 1.74. The number of nitrogens with two attached hydrogens (primary N) is 1. The van der Waals surface area contributed by atoms with Gasteiger partial charge in [-0.25, -0.2) is 0 Å². The van der Waals surface area contributed by atoms with Gasteiger partial charge in [-0.15, -0.1) is 5.10 Å². The molecule has 0 aliphatic carbocycles. The van der Waals surface area contributed by atoms with E-state index in [0.717, 1.165) is 29.1 Å². The third-order valence-electron chi connectivity index (χ3n) is 2.92. The first-order valence-corrected chi connectivity index (χ1v) is 6.37. The first-order valence-electron chi connectivity index (χ1n) is 5.96. The van der Waals surface area contributed by atoms with E-state index in [0.29, 0.717) is 10.8 Å². The molecule has 0 bridgehead atoms. The van der Waals surface area contributed by atoms with Crippen molar-refractivity contribution in [1.29, 1.82) is 0 Å². The Labute approximate surface area is 117 Å². The van der Waals surface area contributed by atoms with Crippen molar-refractivity contribution in [3.05, 3.63) is 29.2 Å². The summed E-state index contributed by atoms with van der Waals surface area (Å²) in [6.07, 6.45) is 3.62. The highest BCUT2D eigenvalue weighted by atomic mass is 32.1. The second kappa shape index (κ2) is 5.31. The van der Waals surface area contributed by atoms with Crippen LogP contribution in [0.2, 0.25) is 0 Å². The number of hydrogen-bond donors (Lipinski definition) is 2. The smallest absolute Gasteiger partial charge is 0.163 e. The summed E-state index contributed by atoms with van der Waals surface area (Å²) < 4.78 is 1.82. The molecule has 0 saturated carbocycles. The van der Waals surface area contributed by atoms with Crippen LogP contribution >= 0.6 is 12.2 Å². The van der Waals surface area contributed by atoms with E-state index < -0.39 is 0 Å². The van der Waals surface area contributed by atoms with Crippen LogP contribution in [0.1, 0.15) is 23.7 Å². The van der Waals surface area contributed by atoms with Gasteiger partial charge in [0.1, 0.15) is 4.99 Å². The first-order chi connectivity index (χ1) is 9.02. The quantitative estimate of drug-likeness (QED) is 0.827. The van der Waals surface area contributed by atoms with Crippen molar-refractivity contribution < 1.29 is 0 Å². The molecule has 0 radical (unpaired) electrons. The van der Waals surface area contributed by atoms with Crippen LogP contribution < -0.4 is 11.1 Å². The number of nitrogens with one attached hydrogen (secondary N) is 1. The lowest BCUT2D eigenvalue weighted by atomic mass is 10.1. The molecule has 0 atom stereocenters. The van der Waals surface area contributed by atoms with Crippen molar-refractivity contribution in [2.75, 3.05) is 5.32 Å². The molecule has 0 spiro atoms. The van der Waals surface area contributed by atoms with Crippen LogP contribution in [0.15, 0.2) is 12.4 Å². The van der Waals surface area contributed by atoms with E-state index in [9.17, 15) is 0 Å². The van der Waals surface area contributed by atoms with Crippen LogP contribution in [-0.4, -0.2) is 25.0 Å². The highest BCUT2D eigenvalue weighted by Gasteiger charge is 2.14. The second-order valence-electron chi connectivity index (χ2n) is 4.21. The largest absolute Gasteiger partial charge is 0.389 e. The van der Waals surface area contributed by atoms with Crippen LogP contribution in [0.5, 0.6) is 0 Å². The normalized spacial score (nSPS) is 10.5. The Morgan fingerprint density at radius 3 is 2.74 bits per heavy atom. The Hall–Kier alpha value is -2.02. The molecule has 2 heterocycles. The predicted octanol–water partition coefficient (Wildman–Crippen LogP) is 1.69. The summed E-state index contributed by atoms with van der Waals surface area (Å²) in [5.74, 6) is 0.561. The monoisotopic (exact) mass is 276 g/mol. The highest BCUT2D eigenvalue weighted by molar-refractivity contribution is 7.80. The van der Waals surface area contributed by atoms with E-state index in [4.69, 9.17) is 18.0 Å². The van der Waals surface area contributed by atoms with E-state index in [1.807, 2.05) is 31.6 Å². The van der Waals surface area contributed by atoms with Crippen molar-refractivity contribution in [2.45, 2.75) is 27.3 Å². The number of thiocarbonyl (C=S) groups is 1. The number of hydrogen-bond acceptors (Lipinski definition) is 5. The number of aryl methyl sites for hydroxylation is 2. The van der Waals surface area contributed by atoms with Gasteiger partial charge in [0.25, 0.3) is 0 Å². The van der Waals surface area contributed by atoms with Gasteiger partial charge in [-0.2, -0.15) is 10.2 Å². The fourth-order valence-corrected chi connectivity index (χ4v) is 1.99. The molecule has 0 aliphatic rings. The Morgan fingerprint density at radius 1 is 1.42 bits per heavy atom. The minimum absolute atomic E-state index is 0.306. The molecule has 0 amide bonds. The molecule has 0 unspecified atom stereocenters. The van der Waals surface area contributed by atoms with Gasteiger partial charge < -0.3 is 11.1 Å². The van der Waals surface area contributed by atoms with Crippen molar-refractivity contribution in [3.8, 4) is 0 Å². The minimum Gasteiger partial charge on any atom is -0.389 e. The SMILES string of the molecule is CCn1cc(Nc2nnc(C)c(C)c2C(N)=S)cn1. The summed E-state index contributed by atoms with van der Waals surface area (Å²) in [5, 5.41) is 15.6. The molecule has 0 fully saturated rings. The van der Waals surface area contributed by atoms with E-state index in [1.54, 1.807) is 6.20 Å². The molecule has 100 valence electrons. The molecule has 2 aromatic heterocycles. The number of anilines is 2. The standard InChI is InChI=1S/C12H16N6S/c1-4-18-6-9(5-14-18)15-12-10(11(13)19)7(2)8(3)16-17-12/h5-6H,4H2,1-3H3,(H2,13,19)(H,15,17). The van der Waals surface area contributed by atoms with Gasteiger partial charge in [0, 0.05) is 12.7 Å². The van der Waals surface area contributed by atoms with E-state index in [1.165, 1.54) is 0 Å². The molecule has 7 heteroatoms. The fraction of sp³-hybridized carbons (Fsp3) is 0.333. The zero-order valence-corrected chi connectivity index (χ0v) is 12.0. The predicted molar refractivity (Wildman–Crippen MR) is 78.6 cm³/mol. The summed E-state index contributed by atoms with van der Waals surface area (Å²) in [5.41, 5.74) is 9.09. The molecule has 2 rings (SSSR count). The zero-order valence-electron chi connectivity index (χ0n) is 11.1. The number of rotatable bonds is 4. The molecule has 2 aromatic rings. The molecule has 6 nitrogen and oxygen atoms in total. The maximum Gasteiger partial charge on any atom is 0.163 e. The van der Waals surface area contributed by atoms with Gasteiger partial charge in [0.15, 0.2) is 5.82 Å². The first kappa shape index (κ1) is 13.4. The lowest BCUT2D eigenvalue weighted by Crippen LogP contribution is -2.16.